The Labute approximate surface area is 120 Å². The maximum Gasteiger partial charge on any atom is 0.343 e. The summed E-state index contributed by atoms with van der Waals surface area (Å²) in [6.45, 7) is 1.47. The molecular weight excluding hydrogens is 276 g/mol. The molecule has 21 heavy (non-hydrogen) atoms. The zero-order valence-electron chi connectivity index (χ0n) is 11.8. The third-order valence-corrected chi connectivity index (χ3v) is 2.97. The maximum absolute atomic E-state index is 11.9. The fraction of sp³-hybridized carbons (Fsp3) is 0.214. The van der Waals surface area contributed by atoms with Crippen LogP contribution in [0.15, 0.2) is 23.0 Å². The van der Waals surface area contributed by atoms with Crippen LogP contribution in [0.4, 0.5) is 0 Å². The molecule has 1 heterocycles. The largest absolute Gasteiger partial charge is 0.493 e. The molecule has 0 spiro atoms. The van der Waals surface area contributed by atoms with Crippen LogP contribution in [-0.2, 0) is 0 Å². The molecule has 1 aromatic carbocycles. The fourth-order valence-electron chi connectivity index (χ4n) is 2.04. The van der Waals surface area contributed by atoms with Gasteiger partial charge in [0.15, 0.2) is 11.5 Å². The Kier molecular flexibility index (Phi) is 3.93. The van der Waals surface area contributed by atoms with Gasteiger partial charge in [-0.2, -0.15) is 0 Å². The number of H-pyrrole nitrogens is 1. The Morgan fingerprint density at radius 2 is 2.00 bits per heavy atom. The lowest BCUT2D eigenvalue weighted by molar-refractivity contribution is 0.0693. The standard InChI is InChI=1S/C14H14N2O5/c1-7-10(14(18)19)13(17)16-12(15-7)8-5-4-6-9(20-2)11(8)21-3/h4-6H,1-3H3,(H,18,19)(H,15,16,17). The molecule has 0 aliphatic carbocycles. The van der Waals surface area contributed by atoms with Gasteiger partial charge in [0.2, 0.25) is 0 Å². The van der Waals surface area contributed by atoms with Crippen molar-refractivity contribution in [1.82, 2.24) is 9.97 Å². The van der Waals surface area contributed by atoms with Crippen LogP contribution in [-0.4, -0.2) is 35.3 Å². The van der Waals surface area contributed by atoms with Gasteiger partial charge in [-0.3, -0.25) is 4.79 Å². The van der Waals surface area contributed by atoms with E-state index in [1.807, 2.05) is 0 Å². The highest BCUT2D eigenvalue weighted by Crippen LogP contribution is 2.35. The molecule has 0 radical (unpaired) electrons. The number of ether oxygens (including phenoxy) is 2. The Morgan fingerprint density at radius 3 is 2.52 bits per heavy atom. The van der Waals surface area contributed by atoms with Gasteiger partial charge in [-0.25, -0.2) is 9.78 Å². The number of aromatic carboxylic acids is 1. The number of nitrogens with one attached hydrogen (secondary N) is 1. The summed E-state index contributed by atoms with van der Waals surface area (Å²) in [4.78, 5) is 29.5. The van der Waals surface area contributed by atoms with E-state index in [4.69, 9.17) is 14.6 Å². The second kappa shape index (κ2) is 5.66. The van der Waals surface area contributed by atoms with Crippen LogP contribution in [0.1, 0.15) is 16.1 Å². The molecule has 2 rings (SSSR count). The molecule has 0 amide bonds. The molecule has 0 aliphatic heterocycles. The van der Waals surface area contributed by atoms with E-state index in [1.165, 1.54) is 21.1 Å². The van der Waals surface area contributed by atoms with Gasteiger partial charge in [0.25, 0.3) is 5.56 Å². The Balaban J connectivity index is 2.69. The third kappa shape index (κ3) is 2.58. The van der Waals surface area contributed by atoms with Crippen LogP contribution in [0, 0.1) is 6.92 Å². The summed E-state index contributed by atoms with van der Waals surface area (Å²) in [5.41, 5.74) is -0.449. The summed E-state index contributed by atoms with van der Waals surface area (Å²) in [6, 6.07) is 5.12. The monoisotopic (exact) mass is 290 g/mol. The van der Waals surface area contributed by atoms with Crippen molar-refractivity contribution in [3.05, 3.63) is 39.8 Å². The minimum atomic E-state index is -1.31. The molecule has 0 atom stereocenters. The van der Waals surface area contributed by atoms with Crippen molar-refractivity contribution in [1.29, 1.82) is 0 Å². The van der Waals surface area contributed by atoms with E-state index >= 15 is 0 Å². The number of aromatic amines is 1. The molecule has 0 unspecified atom stereocenters. The summed E-state index contributed by atoms with van der Waals surface area (Å²) in [5, 5.41) is 8.99. The van der Waals surface area contributed by atoms with Gasteiger partial charge in [-0.05, 0) is 19.1 Å². The van der Waals surface area contributed by atoms with E-state index in [-0.39, 0.29) is 17.1 Å². The molecule has 2 N–H and O–H groups in total. The molecular formula is C14H14N2O5. The molecule has 7 nitrogen and oxygen atoms in total. The van der Waals surface area contributed by atoms with E-state index in [0.717, 1.165) is 0 Å². The van der Waals surface area contributed by atoms with Crippen molar-refractivity contribution < 1.29 is 19.4 Å². The lowest BCUT2D eigenvalue weighted by Gasteiger charge is -2.12. The van der Waals surface area contributed by atoms with E-state index in [0.29, 0.717) is 17.1 Å². The summed E-state index contributed by atoms with van der Waals surface area (Å²) in [5.74, 6) is -0.202. The SMILES string of the molecule is COc1cccc(-c2nc(C)c(C(=O)O)c(=O)[nH]2)c1OC. The molecule has 0 bridgehead atoms. The number of para-hydroxylation sites is 1. The molecule has 0 saturated heterocycles. The van der Waals surface area contributed by atoms with Gasteiger partial charge >= 0.3 is 5.97 Å². The summed E-state index contributed by atoms with van der Waals surface area (Å²) in [6.07, 6.45) is 0. The molecule has 0 aliphatic rings. The molecule has 7 heteroatoms. The smallest absolute Gasteiger partial charge is 0.343 e. The van der Waals surface area contributed by atoms with Crippen LogP contribution < -0.4 is 15.0 Å². The number of benzene rings is 1. The maximum atomic E-state index is 11.9. The average molecular weight is 290 g/mol. The number of carbonyl (C=O) groups is 1. The van der Waals surface area contributed by atoms with Crippen molar-refractivity contribution in [3.8, 4) is 22.9 Å². The van der Waals surface area contributed by atoms with Crippen molar-refractivity contribution in [2.75, 3.05) is 14.2 Å². The highest BCUT2D eigenvalue weighted by molar-refractivity contribution is 5.88. The predicted molar refractivity (Wildman–Crippen MR) is 75.1 cm³/mol. The second-order valence-corrected chi connectivity index (χ2v) is 4.22. The molecule has 0 saturated carbocycles. The minimum absolute atomic E-state index is 0.131. The summed E-state index contributed by atoms with van der Waals surface area (Å²) < 4.78 is 10.5. The van der Waals surface area contributed by atoms with Crippen LogP contribution in [0.2, 0.25) is 0 Å². The molecule has 1 aromatic heterocycles. The van der Waals surface area contributed by atoms with Gasteiger partial charge < -0.3 is 19.6 Å². The van der Waals surface area contributed by atoms with Gasteiger partial charge in [0.05, 0.1) is 25.5 Å². The first kappa shape index (κ1) is 14.6. The fourth-order valence-corrected chi connectivity index (χ4v) is 2.04. The van der Waals surface area contributed by atoms with Crippen molar-refractivity contribution in [2.45, 2.75) is 6.92 Å². The average Bonchev–Trinajstić information content (AvgIpc) is 2.44. The Morgan fingerprint density at radius 1 is 1.29 bits per heavy atom. The highest BCUT2D eigenvalue weighted by Gasteiger charge is 2.18. The van der Waals surface area contributed by atoms with E-state index in [9.17, 15) is 9.59 Å². The van der Waals surface area contributed by atoms with Crippen molar-refractivity contribution in [3.63, 3.8) is 0 Å². The number of rotatable bonds is 4. The topological polar surface area (TPSA) is 102 Å². The van der Waals surface area contributed by atoms with E-state index < -0.39 is 11.5 Å². The molecule has 0 fully saturated rings. The number of carboxylic acid groups (broad SMARTS) is 1. The lowest BCUT2D eigenvalue weighted by atomic mass is 10.1. The van der Waals surface area contributed by atoms with E-state index in [2.05, 4.69) is 9.97 Å². The number of carboxylic acids is 1. The Bertz CT molecular complexity index is 752. The number of hydrogen-bond acceptors (Lipinski definition) is 5. The second-order valence-electron chi connectivity index (χ2n) is 4.22. The van der Waals surface area contributed by atoms with Crippen molar-refractivity contribution in [2.24, 2.45) is 0 Å². The Hall–Kier alpha value is -2.83. The molecule has 110 valence electrons. The number of methoxy groups -OCH3 is 2. The number of hydrogen-bond donors (Lipinski definition) is 2. The summed E-state index contributed by atoms with van der Waals surface area (Å²) >= 11 is 0. The number of aromatic nitrogens is 2. The molecule has 2 aromatic rings. The van der Waals surface area contributed by atoms with Crippen LogP contribution in [0.25, 0.3) is 11.4 Å². The summed E-state index contributed by atoms with van der Waals surface area (Å²) in [7, 11) is 2.97. The zero-order chi connectivity index (χ0) is 15.6. The van der Waals surface area contributed by atoms with Gasteiger partial charge in [-0.1, -0.05) is 6.07 Å². The van der Waals surface area contributed by atoms with Crippen LogP contribution in [0.5, 0.6) is 11.5 Å². The van der Waals surface area contributed by atoms with E-state index in [1.54, 1.807) is 18.2 Å². The zero-order valence-corrected chi connectivity index (χ0v) is 11.8. The van der Waals surface area contributed by atoms with Gasteiger partial charge in [-0.15, -0.1) is 0 Å². The number of nitrogens with zero attached hydrogens (tertiary/aromatic N) is 1. The van der Waals surface area contributed by atoms with Crippen LogP contribution in [0.3, 0.4) is 0 Å². The minimum Gasteiger partial charge on any atom is -0.493 e. The number of aryl methyl sites for hydroxylation is 1. The predicted octanol–water partition coefficient (Wildman–Crippen LogP) is 1.46. The van der Waals surface area contributed by atoms with Gasteiger partial charge in [0, 0.05) is 0 Å². The normalized spacial score (nSPS) is 10.2. The first-order valence-corrected chi connectivity index (χ1v) is 6.05. The van der Waals surface area contributed by atoms with Crippen molar-refractivity contribution >= 4 is 5.97 Å². The first-order valence-electron chi connectivity index (χ1n) is 6.05. The van der Waals surface area contributed by atoms with Gasteiger partial charge in [0.1, 0.15) is 11.4 Å². The third-order valence-electron chi connectivity index (χ3n) is 2.97. The quantitative estimate of drug-likeness (QED) is 0.884. The first-order chi connectivity index (χ1) is 9.99. The lowest BCUT2D eigenvalue weighted by Crippen LogP contribution is -2.21. The highest BCUT2D eigenvalue weighted by atomic mass is 16.5. The van der Waals surface area contributed by atoms with Crippen LogP contribution >= 0.6 is 0 Å².